The summed E-state index contributed by atoms with van der Waals surface area (Å²) < 4.78 is 1.86. The number of hydrogen-bond donors (Lipinski definition) is 1. The van der Waals surface area contributed by atoms with Crippen LogP contribution in [0.4, 0.5) is 0 Å². The molecule has 2 atom stereocenters. The van der Waals surface area contributed by atoms with Crippen LogP contribution < -0.4 is 5.73 Å². The Balaban J connectivity index is 1.61. The number of rotatable bonds is 5. The van der Waals surface area contributed by atoms with Gasteiger partial charge in [-0.3, -0.25) is 9.59 Å². The first-order chi connectivity index (χ1) is 13.5. The van der Waals surface area contributed by atoms with Gasteiger partial charge in [-0.1, -0.05) is 13.0 Å². The third kappa shape index (κ3) is 3.45. The molecule has 2 unspecified atom stereocenters. The van der Waals surface area contributed by atoms with E-state index < -0.39 is 0 Å². The molecule has 0 radical (unpaired) electrons. The molecule has 0 spiro atoms. The monoisotopic (exact) mass is 397 g/mol. The summed E-state index contributed by atoms with van der Waals surface area (Å²) in [6.07, 6.45) is 5.60. The number of carbonyl (C=O) groups excluding carboxylic acids is 2. The van der Waals surface area contributed by atoms with Gasteiger partial charge in [0, 0.05) is 36.8 Å². The second-order valence-electron chi connectivity index (χ2n) is 7.31. The Morgan fingerprint density at radius 3 is 2.86 bits per heavy atom. The molecule has 146 valence electrons. The molecule has 1 fully saturated rings. The minimum atomic E-state index is -0.220. The number of likely N-dealkylation sites (tertiary alicyclic amines) is 1. The smallest absolute Gasteiger partial charge is 0.274 e. The first-order valence-corrected chi connectivity index (χ1v) is 10.3. The quantitative estimate of drug-likeness (QED) is 0.668. The SMILES string of the molecule is CCCC(=O)c1csc(C2CC(N)CN2C(=O)c2cn3cc(C)ccc3n2)n1. The fourth-order valence-corrected chi connectivity index (χ4v) is 4.55. The molecular weight excluding hydrogens is 374 g/mol. The van der Waals surface area contributed by atoms with Crippen LogP contribution in [-0.4, -0.2) is 43.5 Å². The highest BCUT2D eigenvalue weighted by atomic mass is 32.1. The van der Waals surface area contributed by atoms with E-state index in [0.717, 1.165) is 22.6 Å². The summed E-state index contributed by atoms with van der Waals surface area (Å²) in [5.41, 5.74) is 8.87. The first kappa shape index (κ1) is 18.8. The van der Waals surface area contributed by atoms with E-state index in [0.29, 0.717) is 30.8 Å². The lowest BCUT2D eigenvalue weighted by Crippen LogP contribution is -2.33. The van der Waals surface area contributed by atoms with Crippen molar-refractivity contribution < 1.29 is 9.59 Å². The summed E-state index contributed by atoms with van der Waals surface area (Å²) in [6, 6.07) is 3.52. The maximum absolute atomic E-state index is 13.2. The van der Waals surface area contributed by atoms with Crippen molar-refractivity contribution in [2.24, 2.45) is 5.73 Å². The van der Waals surface area contributed by atoms with Gasteiger partial charge in [0.1, 0.15) is 22.0 Å². The Kier molecular flexibility index (Phi) is 4.99. The van der Waals surface area contributed by atoms with Gasteiger partial charge in [0.05, 0.1) is 6.04 Å². The van der Waals surface area contributed by atoms with Crippen LogP contribution in [0.25, 0.3) is 5.65 Å². The lowest BCUT2D eigenvalue weighted by molar-refractivity contribution is 0.0728. The molecule has 1 amide bonds. The summed E-state index contributed by atoms with van der Waals surface area (Å²) in [6.45, 7) is 4.42. The lowest BCUT2D eigenvalue weighted by Gasteiger charge is -2.21. The van der Waals surface area contributed by atoms with Crippen LogP contribution in [0.1, 0.15) is 63.8 Å². The van der Waals surface area contributed by atoms with E-state index in [2.05, 4.69) is 9.97 Å². The van der Waals surface area contributed by atoms with Gasteiger partial charge in [-0.25, -0.2) is 9.97 Å². The average Bonchev–Trinajstić information content (AvgIpc) is 3.38. The number of fused-ring (bicyclic) bond motifs is 1. The van der Waals surface area contributed by atoms with Gasteiger partial charge < -0.3 is 15.0 Å². The molecule has 0 aliphatic carbocycles. The van der Waals surface area contributed by atoms with Crippen molar-refractivity contribution in [1.82, 2.24) is 19.3 Å². The highest BCUT2D eigenvalue weighted by molar-refractivity contribution is 7.09. The summed E-state index contributed by atoms with van der Waals surface area (Å²) >= 11 is 1.42. The van der Waals surface area contributed by atoms with E-state index in [9.17, 15) is 9.59 Å². The molecule has 0 saturated carbocycles. The highest BCUT2D eigenvalue weighted by Gasteiger charge is 2.37. The molecular formula is C20H23N5O2S. The molecule has 4 rings (SSSR count). The second-order valence-corrected chi connectivity index (χ2v) is 8.20. The zero-order chi connectivity index (χ0) is 19.8. The molecule has 28 heavy (non-hydrogen) atoms. The van der Waals surface area contributed by atoms with E-state index in [1.165, 1.54) is 11.3 Å². The summed E-state index contributed by atoms with van der Waals surface area (Å²) in [5.74, 6) is -0.114. The van der Waals surface area contributed by atoms with Gasteiger partial charge in [-0.15, -0.1) is 11.3 Å². The third-order valence-electron chi connectivity index (χ3n) is 4.98. The van der Waals surface area contributed by atoms with Gasteiger partial charge in [0.2, 0.25) is 0 Å². The number of Topliss-reactive ketones (excluding diaryl/α,β-unsaturated/α-hetero) is 1. The van der Waals surface area contributed by atoms with Gasteiger partial charge in [-0.2, -0.15) is 0 Å². The number of nitrogens with two attached hydrogens (primary N) is 1. The third-order valence-corrected chi connectivity index (χ3v) is 5.93. The van der Waals surface area contributed by atoms with Crippen molar-refractivity contribution in [3.05, 3.63) is 51.9 Å². The molecule has 3 aromatic heterocycles. The maximum atomic E-state index is 13.2. The molecule has 1 aliphatic rings. The zero-order valence-electron chi connectivity index (χ0n) is 16.0. The van der Waals surface area contributed by atoms with Crippen LogP contribution in [0.15, 0.2) is 29.9 Å². The summed E-state index contributed by atoms with van der Waals surface area (Å²) in [5, 5.41) is 2.55. The van der Waals surface area contributed by atoms with Gasteiger partial charge in [0.25, 0.3) is 5.91 Å². The predicted molar refractivity (Wildman–Crippen MR) is 108 cm³/mol. The van der Waals surface area contributed by atoms with Crippen LogP contribution in [0, 0.1) is 6.92 Å². The van der Waals surface area contributed by atoms with Crippen LogP contribution in [0.2, 0.25) is 0 Å². The number of aromatic nitrogens is 3. The minimum Gasteiger partial charge on any atom is -0.326 e. The number of ketones is 1. The predicted octanol–water partition coefficient (Wildman–Crippen LogP) is 3.00. The van der Waals surface area contributed by atoms with E-state index in [-0.39, 0.29) is 23.8 Å². The summed E-state index contributed by atoms with van der Waals surface area (Å²) in [4.78, 5) is 36.0. The number of imidazole rings is 1. The van der Waals surface area contributed by atoms with E-state index in [1.54, 1.807) is 16.5 Å². The van der Waals surface area contributed by atoms with Crippen molar-refractivity contribution >= 4 is 28.7 Å². The highest BCUT2D eigenvalue weighted by Crippen LogP contribution is 2.34. The van der Waals surface area contributed by atoms with Crippen LogP contribution in [-0.2, 0) is 0 Å². The van der Waals surface area contributed by atoms with Crippen LogP contribution in [0.3, 0.4) is 0 Å². The number of amides is 1. The molecule has 0 bridgehead atoms. The van der Waals surface area contributed by atoms with E-state index in [1.807, 2.05) is 36.6 Å². The molecule has 0 aromatic carbocycles. The fourth-order valence-electron chi connectivity index (χ4n) is 3.60. The molecule has 4 heterocycles. The molecule has 1 aliphatic heterocycles. The zero-order valence-corrected chi connectivity index (χ0v) is 16.8. The largest absolute Gasteiger partial charge is 0.326 e. The Morgan fingerprint density at radius 2 is 2.07 bits per heavy atom. The minimum absolute atomic E-state index is 0.0425. The Bertz CT molecular complexity index is 1040. The Hall–Kier alpha value is -2.58. The first-order valence-electron chi connectivity index (χ1n) is 9.46. The van der Waals surface area contributed by atoms with Crippen molar-refractivity contribution in [1.29, 1.82) is 0 Å². The standard InChI is InChI=1S/C20H23N5O2S/c1-3-4-17(26)15-11-28-19(23-15)16-7-13(21)9-25(16)20(27)14-10-24-8-12(2)5-6-18(24)22-14/h5-6,8,10-11,13,16H,3-4,7,9,21H2,1-2H3. The van der Waals surface area contributed by atoms with Gasteiger partial charge >= 0.3 is 0 Å². The molecule has 7 nitrogen and oxygen atoms in total. The number of aryl methyl sites for hydroxylation is 1. The fraction of sp³-hybridized carbons (Fsp3) is 0.400. The van der Waals surface area contributed by atoms with Crippen LogP contribution >= 0.6 is 11.3 Å². The Labute approximate surface area is 167 Å². The van der Waals surface area contributed by atoms with Gasteiger partial charge in [-0.05, 0) is 31.4 Å². The van der Waals surface area contributed by atoms with Crippen molar-refractivity contribution in [3.63, 3.8) is 0 Å². The van der Waals surface area contributed by atoms with Crippen molar-refractivity contribution in [3.8, 4) is 0 Å². The molecule has 1 saturated heterocycles. The number of carbonyl (C=O) groups is 2. The van der Waals surface area contributed by atoms with E-state index >= 15 is 0 Å². The van der Waals surface area contributed by atoms with Gasteiger partial charge in [0.15, 0.2) is 5.78 Å². The van der Waals surface area contributed by atoms with Crippen LogP contribution in [0.5, 0.6) is 0 Å². The topological polar surface area (TPSA) is 93.6 Å². The number of hydrogen-bond acceptors (Lipinski definition) is 6. The van der Waals surface area contributed by atoms with E-state index in [4.69, 9.17) is 5.73 Å². The second kappa shape index (κ2) is 7.44. The lowest BCUT2D eigenvalue weighted by atomic mass is 10.2. The number of nitrogens with zero attached hydrogens (tertiary/aromatic N) is 4. The summed E-state index contributed by atoms with van der Waals surface area (Å²) in [7, 11) is 0. The molecule has 3 aromatic rings. The van der Waals surface area contributed by atoms with Crippen molar-refractivity contribution in [2.45, 2.75) is 45.2 Å². The average molecular weight is 398 g/mol. The molecule has 2 N–H and O–H groups in total. The molecule has 8 heteroatoms. The number of pyridine rings is 1. The maximum Gasteiger partial charge on any atom is 0.274 e. The normalized spacial score (nSPS) is 19.5. The number of thiazole rings is 1. The van der Waals surface area contributed by atoms with Crippen molar-refractivity contribution in [2.75, 3.05) is 6.54 Å². The Morgan fingerprint density at radius 1 is 1.25 bits per heavy atom.